The summed E-state index contributed by atoms with van der Waals surface area (Å²) in [5.41, 5.74) is 1.76. The molecule has 108 valence electrons. The van der Waals surface area contributed by atoms with Gasteiger partial charge in [0.05, 0.1) is 7.11 Å². The van der Waals surface area contributed by atoms with Gasteiger partial charge in [-0.3, -0.25) is 9.59 Å². The van der Waals surface area contributed by atoms with Crippen LogP contribution in [-0.2, 0) is 0 Å². The summed E-state index contributed by atoms with van der Waals surface area (Å²) in [6.07, 6.45) is 0. The molecule has 2 aromatic rings. The standard InChI is InChI=1S/C16H12O3.C2H6/c1-19-11-8-6-10(7-9-11)14-15(17)12-4-2-3-5-13(12)16(14)18;1-2/h2-9,14H,1H3;1-2H3. The Bertz CT molecular complexity index is 621. The molecule has 2 aromatic carbocycles. The highest BCUT2D eigenvalue weighted by atomic mass is 16.5. The molecule has 0 amide bonds. The zero-order chi connectivity index (χ0) is 15.4. The molecule has 0 radical (unpaired) electrons. The fourth-order valence-electron chi connectivity index (χ4n) is 2.44. The van der Waals surface area contributed by atoms with Gasteiger partial charge in [-0.15, -0.1) is 0 Å². The molecule has 0 heterocycles. The molecule has 1 aliphatic rings. The van der Waals surface area contributed by atoms with E-state index in [2.05, 4.69) is 0 Å². The molecular formula is C18H18O3. The summed E-state index contributed by atoms with van der Waals surface area (Å²) in [6.45, 7) is 4.00. The summed E-state index contributed by atoms with van der Waals surface area (Å²) >= 11 is 0. The van der Waals surface area contributed by atoms with E-state index >= 15 is 0 Å². The molecule has 0 unspecified atom stereocenters. The minimum Gasteiger partial charge on any atom is -0.497 e. The normalized spacial score (nSPS) is 13.5. The van der Waals surface area contributed by atoms with Crippen molar-refractivity contribution in [2.75, 3.05) is 7.11 Å². The Morgan fingerprint density at radius 2 is 1.29 bits per heavy atom. The molecule has 3 heteroatoms. The third kappa shape index (κ3) is 2.59. The van der Waals surface area contributed by atoms with Crippen molar-refractivity contribution in [3.63, 3.8) is 0 Å². The quantitative estimate of drug-likeness (QED) is 0.785. The summed E-state index contributed by atoms with van der Waals surface area (Å²) in [5, 5.41) is 0. The van der Waals surface area contributed by atoms with Crippen molar-refractivity contribution in [3.05, 3.63) is 65.2 Å². The third-order valence-corrected chi connectivity index (χ3v) is 3.43. The number of Topliss-reactive ketones (excluding diaryl/α,β-unsaturated/α-hetero) is 2. The molecule has 0 spiro atoms. The van der Waals surface area contributed by atoms with Gasteiger partial charge in [0.2, 0.25) is 0 Å². The van der Waals surface area contributed by atoms with E-state index in [1.54, 1.807) is 55.6 Å². The second-order valence-corrected chi connectivity index (χ2v) is 4.48. The number of hydrogen-bond donors (Lipinski definition) is 0. The second kappa shape index (κ2) is 6.35. The lowest BCUT2D eigenvalue weighted by Crippen LogP contribution is -2.12. The van der Waals surface area contributed by atoms with Crippen LogP contribution in [0.25, 0.3) is 0 Å². The number of fused-ring (bicyclic) bond motifs is 1. The number of ketones is 2. The Morgan fingerprint density at radius 1 is 0.810 bits per heavy atom. The Morgan fingerprint density at radius 3 is 1.71 bits per heavy atom. The first-order valence-corrected chi connectivity index (χ1v) is 7.04. The van der Waals surface area contributed by atoms with Gasteiger partial charge in [0, 0.05) is 11.1 Å². The molecule has 21 heavy (non-hydrogen) atoms. The van der Waals surface area contributed by atoms with Crippen molar-refractivity contribution >= 4 is 11.6 Å². The van der Waals surface area contributed by atoms with Gasteiger partial charge in [0.25, 0.3) is 0 Å². The van der Waals surface area contributed by atoms with E-state index in [0.717, 1.165) is 0 Å². The molecule has 0 bridgehead atoms. The van der Waals surface area contributed by atoms with Gasteiger partial charge >= 0.3 is 0 Å². The summed E-state index contributed by atoms with van der Waals surface area (Å²) in [4.78, 5) is 24.6. The maximum absolute atomic E-state index is 12.3. The van der Waals surface area contributed by atoms with Crippen LogP contribution in [0, 0.1) is 0 Å². The maximum Gasteiger partial charge on any atom is 0.178 e. The van der Waals surface area contributed by atoms with Crippen LogP contribution in [0.1, 0.15) is 46.0 Å². The van der Waals surface area contributed by atoms with Gasteiger partial charge in [-0.25, -0.2) is 0 Å². The Kier molecular flexibility index (Phi) is 4.53. The molecule has 0 saturated heterocycles. The highest BCUT2D eigenvalue weighted by Crippen LogP contribution is 2.34. The lowest BCUT2D eigenvalue weighted by molar-refractivity contribution is 0.0890. The predicted octanol–water partition coefficient (Wildman–Crippen LogP) is 3.88. The van der Waals surface area contributed by atoms with Crippen LogP contribution in [0.4, 0.5) is 0 Å². The van der Waals surface area contributed by atoms with Crippen molar-refractivity contribution < 1.29 is 14.3 Å². The number of rotatable bonds is 2. The van der Waals surface area contributed by atoms with Gasteiger partial charge in [-0.05, 0) is 17.7 Å². The minimum absolute atomic E-state index is 0.120. The average Bonchev–Trinajstić information content (AvgIpc) is 2.81. The molecule has 1 aliphatic carbocycles. The van der Waals surface area contributed by atoms with Crippen LogP contribution in [0.15, 0.2) is 48.5 Å². The fraction of sp³-hybridized carbons (Fsp3) is 0.222. The van der Waals surface area contributed by atoms with Crippen LogP contribution in [0.2, 0.25) is 0 Å². The van der Waals surface area contributed by atoms with Crippen molar-refractivity contribution in [2.24, 2.45) is 0 Å². The van der Waals surface area contributed by atoms with Crippen LogP contribution >= 0.6 is 0 Å². The van der Waals surface area contributed by atoms with Crippen molar-refractivity contribution in [3.8, 4) is 5.75 Å². The number of carbonyl (C=O) groups is 2. The Labute approximate surface area is 124 Å². The first kappa shape index (κ1) is 15.0. The lowest BCUT2D eigenvalue weighted by atomic mass is 9.94. The van der Waals surface area contributed by atoms with E-state index in [-0.39, 0.29) is 11.6 Å². The first-order valence-electron chi connectivity index (χ1n) is 7.04. The smallest absolute Gasteiger partial charge is 0.178 e. The zero-order valence-electron chi connectivity index (χ0n) is 12.4. The van der Waals surface area contributed by atoms with Crippen LogP contribution in [0.5, 0.6) is 5.75 Å². The monoisotopic (exact) mass is 282 g/mol. The third-order valence-electron chi connectivity index (χ3n) is 3.43. The second-order valence-electron chi connectivity index (χ2n) is 4.48. The van der Waals surface area contributed by atoms with Gasteiger partial charge in [-0.1, -0.05) is 50.2 Å². The summed E-state index contributed by atoms with van der Waals surface area (Å²) in [6, 6.07) is 14.0. The Hall–Kier alpha value is -2.42. The molecule has 0 N–H and O–H groups in total. The highest BCUT2D eigenvalue weighted by molar-refractivity contribution is 6.29. The van der Waals surface area contributed by atoms with Gasteiger partial charge < -0.3 is 4.74 Å². The summed E-state index contributed by atoms with van der Waals surface area (Å²) in [7, 11) is 1.58. The molecule has 0 saturated carbocycles. The minimum atomic E-state index is -0.705. The number of hydrogen-bond acceptors (Lipinski definition) is 3. The van der Waals surface area contributed by atoms with Gasteiger partial charge in [0.15, 0.2) is 11.6 Å². The van der Waals surface area contributed by atoms with Gasteiger partial charge in [0.1, 0.15) is 11.7 Å². The predicted molar refractivity (Wildman–Crippen MR) is 82.2 cm³/mol. The number of ether oxygens (including phenoxy) is 1. The van der Waals surface area contributed by atoms with Crippen LogP contribution in [-0.4, -0.2) is 18.7 Å². The molecule has 0 fully saturated rings. The molecule has 0 aliphatic heterocycles. The molecular weight excluding hydrogens is 264 g/mol. The van der Waals surface area contributed by atoms with Crippen molar-refractivity contribution in [1.82, 2.24) is 0 Å². The van der Waals surface area contributed by atoms with E-state index in [1.165, 1.54) is 0 Å². The Balaban J connectivity index is 0.000000774. The van der Waals surface area contributed by atoms with E-state index in [0.29, 0.717) is 22.4 Å². The van der Waals surface area contributed by atoms with E-state index in [4.69, 9.17) is 4.74 Å². The summed E-state index contributed by atoms with van der Waals surface area (Å²) < 4.78 is 5.08. The summed E-state index contributed by atoms with van der Waals surface area (Å²) in [5.74, 6) is -0.237. The SMILES string of the molecule is CC.COc1ccc(C2C(=O)c3ccccc3C2=O)cc1. The zero-order valence-corrected chi connectivity index (χ0v) is 12.4. The number of benzene rings is 2. The number of methoxy groups -OCH3 is 1. The van der Waals surface area contributed by atoms with Crippen LogP contribution < -0.4 is 4.74 Å². The van der Waals surface area contributed by atoms with Crippen molar-refractivity contribution in [1.29, 1.82) is 0 Å². The lowest BCUT2D eigenvalue weighted by Gasteiger charge is -2.08. The average molecular weight is 282 g/mol. The topological polar surface area (TPSA) is 43.4 Å². The van der Waals surface area contributed by atoms with E-state index < -0.39 is 5.92 Å². The molecule has 0 aromatic heterocycles. The van der Waals surface area contributed by atoms with Crippen molar-refractivity contribution in [2.45, 2.75) is 19.8 Å². The van der Waals surface area contributed by atoms with E-state index in [1.807, 2.05) is 13.8 Å². The molecule has 0 atom stereocenters. The maximum atomic E-state index is 12.3. The fourth-order valence-corrected chi connectivity index (χ4v) is 2.44. The van der Waals surface area contributed by atoms with Crippen LogP contribution in [0.3, 0.4) is 0 Å². The molecule has 3 nitrogen and oxygen atoms in total. The molecule has 3 rings (SSSR count). The van der Waals surface area contributed by atoms with E-state index in [9.17, 15) is 9.59 Å². The number of carbonyl (C=O) groups excluding carboxylic acids is 2. The highest BCUT2D eigenvalue weighted by Gasteiger charge is 2.39. The largest absolute Gasteiger partial charge is 0.497 e. The first-order chi connectivity index (χ1) is 10.2. The van der Waals surface area contributed by atoms with Gasteiger partial charge in [-0.2, -0.15) is 0 Å².